The van der Waals surface area contributed by atoms with Gasteiger partial charge < -0.3 is 14.2 Å². The predicted molar refractivity (Wildman–Crippen MR) is 102 cm³/mol. The van der Waals surface area contributed by atoms with E-state index in [2.05, 4.69) is 34.5 Å². The highest BCUT2D eigenvalue weighted by atomic mass is 79.9. The van der Waals surface area contributed by atoms with E-state index in [1.165, 1.54) is 31.4 Å². The number of ether oxygens (including phenoxy) is 3. The fourth-order valence-electron chi connectivity index (χ4n) is 2.32. The molecule has 0 saturated carbocycles. The quantitative estimate of drug-likeness (QED) is 0.502. The first-order valence-electron chi connectivity index (χ1n) is 8.13. The molecule has 2 aromatic rings. The minimum Gasteiger partial charge on any atom is -0.482 e. The van der Waals surface area contributed by atoms with Crippen molar-refractivity contribution < 1.29 is 23.8 Å². The van der Waals surface area contributed by atoms with Crippen molar-refractivity contribution in [2.75, 3.05) is 13.7 Å². The molecule has 0 saturated heterocycles. The molecule has 0 radical (unpaired) electrons. The Morgan fingerprint density at radius 1 is 1.12 bits per heavy atom. The Kier molecular flexibility index (Phi) is 6.80. The SMILES string of the molecule is COC(=O)c1ccc(OC(=O)COc2cc(C)c(Br)cc2C(C)C)cc1. The van der Waals surface area contributed by atoms with E-state index in [0.717, 1.165) is 15.6 Å². The third-order valence-electron chi connectivity index (χ3n) is 3.77. The summed E-state index contributed by atoms with van der Waals surface area (Å²) in [7, 11) is 1.31. The van der Waals surface area contributed by atoms with Crippen molar-refractivity contribution in [3.63, 3.8) is 0 Å². The Morgan fingerprint density at radius 2 is 1.77 bits per heavy atom. The van der Waals surface area contributed by atoms with Crippen molar-refractivity contribution in [3.05, 3.63) is 57.6 Å². The zero-order valence-electron chi connectivity index (χ0n) is 15.2. The molecule has 0 spiro atoms. The van der Waals surface area contributed by atoms with Crippen LogP contribution in [0.3, 0.4) is 0 Å². The summed E-state index contributed by atoms with van der Waals surface area (Å²) in [6, 6.07) is 10.0. The van der Waals surface area contributed by atoms with Crippen LogP contribution in [-0.2, 0) is 9.53 Å². The Labute approximate surface area is 161 Å². The summed E-state index contributed by atoms with van der Waals surface area (Å²) in [6.07, 6.45) is 0. The van der Waals surface area contributed by atoms with Gasteiger partial charge in [0.15, 0.2) is 6.61 Å². The van der Waals surface area contributed by atoms with Gasteiger partial charge in [0, 0.05) is 4.47 Å². The second kappa shape index (κ2) is 8.85. The fourth-order valence-corrected chi connectivity index (χ4v) is 2.68. The largest absolute Gasteiger partial charge is 0.482 e. The number of methoxy groups -OCH3 is 1. The van der Waals surface area contributed by atoms with Crippen LogP contribution in [0, 0.1) is 6.92 Å². The molecule has 0 N–H and O–H groups in total. The van der Waals surface area contributed by atoms with Gasteiger partial charge in [0.05, 0.1) is 12.7 Å². The first-order valence-corrected chi connectivity index (χ1v) is 8.93. The molecule has 138 valence electrons. The molecule has 6 heteroatoms. The number of hydrogen-bond acceptors (Lipinski definition) is 5. The number of carbonyl (C=O) groups excluding carboxylic acids is 2. The van der Waals surface area contributed by atoms with Gasteiger partial charge >= 0.3 is 11.9 Å². The molecule has 0 aliphatic rings. The van der Waals surface area contributed by atoms with Crippen molar-refractivity contribution in [2.24, 2.45) is 0 Å². The summed E-state index contributed by atoms with van der Waals surface area (Å²) >= 11 is 3.51. The molecule has 0 aliphatic carbocycles. The van der Waals surface area contributed by atoms with Crippen LogP contribution in [0.15, 0.2) is 40.9 Å². The highest BCUT2D eigenvalue weighted by molar-refractivity contribution is 9.10. The van der Waals surface area contributed by atoms with Crippen molar-refractivity contribution in [2.45, 2.75) is 26.7 Å². The number of halogens is 1. The maximum atomic E-state index is 12.0. The third-order valence-corrected chi connectivity index (χ3v) is 4.62. The smallest absolute Gasteiger partial charge is 0.349 e. The predicted octanol–water partition coefficient (Wildman–Crippen LogP) is 4.65. The number of aryl methyl sites for hydroxylation is 1. The minimum absolute atomic E-state index is 0.209. The van der Waals surface area contributed by atoms with Crippen LogP contribution in [-0.4, -0.2) is 25.7 Å². The van der Waals surface area contributed by atoms with Crippen molar-refractivity contribution in [3.8, 4) is 11.5 Å². The Balaban J connectivity index is 2.01. The minimum atomic E-state index is -0.522. The monoisotopic (exact) mass is 420 g/mol. The second-order valence-electron chi connectivity index (χ2n) is 6.07. The molecule has 2 aromatic carbocycles. The topological polar surface area (TPSA) is 61.8 Å². The van der Waals surface area contributed by atoms with E-state index >= 15 is 0 Å². The van der Waals surface area contributed by atoms with E-state index in [0.29, 0.717) is 17.1 Å². The molecule has 2 rings (SSSR count). The van der Waals surface area contributed by atoms with Gasteiger partial charge in [0.25, 0.3) is 0 Å². The van der Waals surface area contributed by atoms with Crippen LogP contribution >= 0.6 is 15.9 Å². The van der Waals surface area contributed by atoms with Gasteiger partial charge in [-0.15, -0.1) is 0 Å². The summed E-state index contributed by atoms with van der Waals surface area (Å²) in [5, 5.41) is 0. The van der Waals surface area contributed by atoms with Gasteiger partial charge in [-0.2, -0.15) is 0 Å². The molecule has 0 atom stereocenters. The highest BCUT2D eigenvalue weighted by Crippen LogP contribution is 2.32. The van der Waals surface area contributed by atoms with Crippen LogP contribution < -0.4 is 9.47 Å². The summed E-state index contributed by atoms with van der Waals surface area (Å²) in [5.41, 5.74) is 2.42. The molecule has 26 heavy (non-hydrogen) atoms. The molecule has 0 aliphatic heterocycles. The third kappa shape index (κ3) is 5.08. The van der Waals surface area contributed by atoms with E-state index in [9.17, 15) is 9.59 Å². The molecular formula is C20H21BrO5. The van der Waals surface area contributed by atoms with Crippen molar-refractivity contribution in [1.82, 2.24) is 0 Å². The van der Waals surface area contributed by atoms with E-state index in [-0.39, 0.29) is 12.5 Å². The summed E-state index contributed by atoms with van der Waals surface area (Å²) in [4.78, 5) is 23.4. The molecular weight excluding hydrogens is 400 g/mol. The molecule has 0 unspecified atom stereocenters. The number of esters is 2. The summed E-state index contributed by atoms with van der Waals surface area (Å²) < 4.78 is 16.5. The molecule has 0 fully saturated rings. The molecule has 0 amide bonds. The molecule has 0 aromatic heterocycles. The lowest BCUT2D eigenvalue weighted by Gasteiger charge is -2.15. The Bertz CT molecular complexity index is 797. The van der Waals surface area contributed by atoms with Gasteiger partial charge in [-0.1, -0.05) is 29.8 Å². The molecule has 0 bridgehead atoms. The Morgan fingerprint density at radius 3 is 2.35 bits per heavy atom. The lowest BCUT2D eigenvalue weighted by Crippen LogP contribution is -2.18. The van der Waals surface area contributed by atoms with Gasteiger partial charge in [0.2, 0.25) is 0 Å². The summed E-state index contributed by atoms with van der Waals surface area (Å²) in [6.45, 7) is 5.87. The van der Waals surface area contributed by atoms with E-state index in [1.54, 1.807) is 0 Å². The zero-order valence-corrected chi connectivity index (χ0v) is 16.8. The zero-order chi connectivity index (χ0) is 19.3. The van der Waals surface area contributed by atoms with E-state index < -0.39 is 11.9 Å². The average Bonchev–Trinajstić information content (AvgIpc) is 2.62. The van der Waals surface area contributed by atoms with Gasteiger partial charge in [-0.3, -0.25) is 0 Å². The first kappa shape index (κ1) is 20.0. The van der Waals surface area contributed by atoms with E-state index in [4.69, 9.17) is 9.47 Å². The Hall–Kier alpha value is -2.34. The lowest BCUT2D eigenvalue weighted by molar-refractivity contribution is -0.136. The van der Waals surface area contributed by atoms with Gasteiger partial charge in [-0.25, -0.2) is 9.59 Å². The second-order valence-corrected chi connectivity index (χ2v) is 6.93. The normalized spacial score (nSPS) is 10.5. The number of rotatable bonds is 6. The first-order chi connectivity index (χ1) is 12.3. The maximum Gasteiger partial charge on any atom is 0.349 e. The lowest BCUT2D eigenvalue weighted by atomic mass is 10.0. The van der Waals surface area contributed by atoms with Crippen molar-refractivity contribution in [1.29, 1.82) is 0 Å². The highest BCUT2D eigenvalue weighted by Gasteiger charge is 2.14. The van der Waals surface area contributed by atoms with Crippen LogP contribution in [0.1, 0.15) is 41.3 Å². The molecule has 0 heterocycles. The van der Waals surface area contributed by atoms with Crippen LogP contribution in [0.5, 0.6) is 11.5 Å². The van der Waals surface area contributed by atoms with Gasteiger partial charge in [-0.05, 0) is 60.4 Å². The standard InChI is InChI=1S/C20H21BrO5/c1-12(2)16-10-17(21)13(3)9-18(16)25-11-19(22)26-15-7-5-14(6-8-15)20(23)24-4/h5-10,12H,11H2,1-4H3. The van der Waals surface area contributed by atoms with E-state index in [1.807, 2.05) is 19.1 Å². The van der Waals surface area contributed by atoms with Crippen LogP contribution in [0.2, 0.25) is 0 Å². The van der Waals surface area contributed by atoms with Crippen LogP contribution in [0.25, 0.3) is 0 Å². The van der Waals surface area contributed by atoms with Crippen molar-refractivity contribution >= 4 is 27.9 Å². The maximum absolute atomic E-state index is 12.0. The number of benzene rings is 2. The average molecular weight is 421 g/mol. The number of carbonyl (C=O) groups is 2. The fraction of sp³-hybridized carbons (Fsp3) is 0.300. The van der Waals surface area contributed by atoms with Crippen LogP contribution in [0.4, 0.5) is 0 Å². The van der Waals surface area contributed by atoms with Gasteiger partial charge in [0.1, 0.15) is 11.5 Å². The number of hydrogen-bond donors (Lipinski definition) is 0. The summed E-state index contributed by atoms with van der Waals surface area (Å²) in [5.74, 6) is 0.286. The molecule has 5 nitrogen and oxygen atoms in total.